The summed E-state index contributed by atoms with van der Waals surface area (Å²) in [5.41, 5.74) is 1.76. The molecule has 1 aromatic heterocycles. The van der Waals surface area contributed by atoms with Gasteiger partial charge in [-0.1, -0.05) is 12.8 Å². The van der Waals surface area contributed by atoms with E-state index in [4.69, 9.17) is 4.99 Å². The molecule has 1 aliphatic carbocycles. The molecule has 2 heterocycles. The zero-order valence-electron chi connectivity index (χ0n) is 15.3. The minimum Gasteiger partial charge on any atom is -0.357 e. The van der Waals surface area contributed by atoms with Crippen molar-refractivity contribution in [2.75, 3.05) is 26.2 Å². The molecule has 0 amide bonds. The first-order chi connectivity index (χ1) is 11.7. The zero-order valence-corrected chi connectivity index (χ0v) is 16.1. The number of nitrogens with one attached hydrogen (secondary N) is 1. The van der Waals surface area contributed by atoms with Gasteiger partial charge in [0.1, 0.15) is 0 Å². The van der Waals surface area contributed by atoms with Gasteiger partial charge in [0.2, 0.25) is 0 Å². The summed E-state index contributed by atoms with van der Waals surface area (Å²) in [6.07, 6.45) is 10.5. The normalized spacial score (nSPS) is 20.2. The molecule has 0 radical (unpaired) electrons. The number of unbranched alkanes of at least 4 members (excludes halogenated alkanes) is 1. The van der Waals surface area contributed by atoms with E-state index in [9.17, 15) is 0 Å². The summed E-state index contributed by atoms with van der Waals surface area (Å²) in [6, 6.07) is 0. The van der Waals surface area contributed by atoms with E-state index in [1.807, 2.05) is 0 Å². The molecule has 2 aliphatic rings. The fourth-order valence-electron chi connectivity index (χ4n) is 4.17. The van der Waals surface area contributed by atoms with Crippen molar-refractivity contribution in [3.8, 4) is 0 Å². The van der Waals surface area contributed by atoms with Gasteiger partial charge >= 0.3 is 0 Å². The van der Waals surface area contributed by atoms with Crippen molar-refractivity contribution in [2.45, 2.75) is 65.2 Å². The Morgan fingerprint density at radius 1 is 1.33 bits per heavy atom. The van der Waals surface area contributed by atoms with Gasteiger partial charge in [0.15, 0.2) is 5.96 Å². The molecule has 2 fully saturated rings. The molecule has 1 saturated heterocycles. The molecule has 0 atom stereocenters. The number of nitrogens with zero attached hydrogens (tertiary/aromatic N) is 3. The fraction of sp³-hybridized carbons (Fsp3) is 0.789. The van der Waals surface area contributed by atoms with E-state index in [1.165, 1.54) is 56.6 Å². The van der Waals surface area contributed by atoms with E-state index in [2.05, 4.69) is 34.4 Å². The molecule has 0 bridgehead atoms. The molecular formula is C19H32N4S. The summed E-state index contributed by atoms with van der Waals surface area (Å²) in [4.78, 5) is 12.0. The minimum atomic E-state index is 0.610. The Balaban J connectivity index is 1.45. The average Bonchev–Trinajstić information content (AvgIpc) is 3.30. The van der Waals surface area contributed by atoms with Crippen molar-refractivity contribution in [3.63, 3.8) is 0 Å². The van der Waals surface area contributed by atoms with Crippen LogP contribution in [0, 0.1) is 12.3 Å². The number of hydrogen-bond acceptors (Lipinski definition) is 3. The van der Waals surface area contributed by atoms with Gasteiger partial charge in [-0.05, 0) is 57.8 Å². The largest absolute Gasteiger partial charge is 0.357 e. The van der Waals surface area contributed by atoms with Crippen LogP contribution in [0.1, 0.15) is 62.6 Å². The Labute approximate surface area is 150 Å². The van der Waals surface area contributed by atoms with Gasteiger partial charge in [-0.15, -0.1) is 11.3 Å². The second kappa shape index (κ2) is 8.32. The summed E-state index contributed by atoms with van der Waals surface area (Å²) in [6.45, 7) is 8.53. The molecule has 134 valence electrons. The van der Waals surface area contributed by atoms with Crippen LogP contribution in [-0.4, -0.2) is 42.0 Å². The lowest BCUT2D eigenvalue weighted by atomic mass is 9.86. The van der Waals surface area contributed by atoms with Gasteiger partial charge in [0, 0.05) is 37.3 Å². The number of aromatic nitrogens is 1. The van der Waals surface area contributed by atoms with Crippen LogP contribution in [0.25, 0.3) is 0 Å². The average molecular weight is 349 g/mol. The Morgan fingerprint density at radius 2 is 2.17 bits per heavy atom. The minimum absolute atomic E-state index is 0.610. The molecule has 1 saturated carbocycles. The van der Waals surface area contributed by atoms with Gasteiger partial charge in [-0.3, -0.25) is 4.99 Å². The predicted molar refractivity (Wildman–Crippen MR) is 103 cm³/mol. The van der Waals surface area contributed by atoms with Crippen molar-refractivity contribution >= 4 is 17.3 Å². The van der Waals surface area contributed by atoms with Gasteiger partial charge in [0.05, 0.1) is 5.01 Å². The molecule has 5 heteroatoms. The number of likely N-dealkylation sites (tertiary alicyclic amines) is 1. The van der Waals surface area contributed by atoms with Crippen molar-refractivity contribution in [3.05, 3.63) is 16.1 Å². The van der Waals surface area contributed by atoms with E-state index in [1.54, 1.807) is 11.3 Å². The summed E-state index contributed by atoms with van der Waals surface area (Å²) >= 11 is 1.79. The van der Waals surface area contributed by atoms with Gasteiger partial charge < -0.3 is 10.2 Å². The molecule has 1 aliphatic heterocycles. The summed E-state index contributed by atoms with van der Waals surface area (Å²) < 4.78 is 0. The van der Waals surface area contributed by atoms with Crippen LogP contribution in [0.4, 0.5) is 0 Å². The zero-order chi connectivity index (χ0) is 16.8. The molecule has 0 unspecified atom stereocenters. The maximum atomic E-state index is 4.90. The lowest BCUT2D eigenvalue weighted by Crippen LogP contribution is -2.41. The highest BCUT2D eigenvalue weighted by molar-refractivity contribution is 7.09. The summed E-state index contributed by atoms with van der Waals surface area (Å²) in [5.74, 6) is 1.14. The molecule has 1 spiro atoms. The Morgan fingerprint density at radius 3 is 2.88 bits per heavy atom. The highest BCUT2D eigenvalue weighted by Gasteiger charge is 2.40. The Hall–Kier alpha value is -1.10. The lowest BCUT2D eigenvalue weighted by Gasteiger charge is -2.26. The Bertz CT molecular complexity index is 545. The third-order valence-electron chi connectivity index (χ3n) is 5.46. The maximum Gasteiger partial charge on any atom is 0.193 e. The number of aliphatic imine (C=N–C) groups is 1. The number of aryl methyl sites for hydroxylation is 2. The van der Waals surface area contributed by atoms with Gasteiger partial charge in [-0.25, -0.2) is 4.98 Å². The standard InChI is InChI=1S/C19H32N4S/c1-3-20-18(23-13-11-19(15-23)9-5-6-10-19)21-12-7-4-8-17-22-16(2)14-24-17/h14H,3-13,15H2,1-2H3,(H,20,21). The molecule has 1 aromatic rings. The first-order valence-electron chi connectivity index (χ1n) is 9.65. The number of hydrogen-bond donors (Lipinski definition) is 1. The van der Waals surface area contributed by atoms with E-state index in [0.29, 0.717) is 5.41 Å². The van der Waals surface area contributed by atoms with Crippen LogP contribution in [-0.2, 0) is 6.42 Å². The van der Waals surface area contributed by atoms with Gasteiger partial charge in [-0.2, -0.15) is 0 Å². The second-order valence-corrected chi connectivity index (χ2v) is 8.40. The van der Waals surface area contributed by atoms with Crippen molar-refractivity contribution in [1.82, 2.24) is 15.2 Å². The predicted octanol–water partition coefficient (Wildman–Crippen LogP) is 4.01. The van der Waals surface area contributed by atoms with Crippen molar-refractivity contribution in [2.24, 2.45) is 10.4 Å². The van der Waals surface area contributed by atoms with E-state index >= 15 is 0 Å². The van der Waals surface area contributed by atoms with Crippen LogP contribution < -0.4 is 5.32 Å². The fourth-order valence-corrected chi connectivity index (χ4v) is 4.98. The topological polar surface area (TPSA) is 40.5 Å². The monoisotopic (exact) mass is 348 g/mol. The maximum absolute atomic E-state index is 4.90. The van der Waals surface area contributed by atoms with Crippen LogP contribution in [0.5, 0.6) is 0 Å². The third kappa shape index (κ3) is 4.50. The van der Waals surface area contributed by atoms with Crippen LogP contribution >= 0.6 is 11.3 Å². The molecule has 1 N–H and O–H groups in total. The number of rotatable bonds is 6. The molecule has 0 aromatic carbocycles. The van der Waals surface area contributed by atoms with Crippen LogP contribution in [0.3, 0.4) is 0 Å². The van der Waals surface area contributed by atoms with Crippen LogP contribution in [0.2, 0.25) is 0 Å². The van der Waals surface area contributed by atoms with E-state index < -0.39 is 0 Å². The third-order valence-corrected chi connectivity index (χ3v) is 6.49. The SMILES string of the molecule is CCNC(=NCCCCc1nc(C)cs1)N1CCC2(CCCC2)C1. The smallest absolute Gasteiger partial charge is 0.193 e. The molecule has 4 nitrogen and oxygen atoms in total. The summed E-state index contributed by atoms with van der Waals surface area (Å²) in [5, 5.41) is 6.92. The first kappa shape index (κ1) is 17.7. The Kier molecular flexibility index (Phi) is 6.14. The van der Waals surface area contributed by atoms with E-state index in [-0.39, 0.29) is 0 Å². The summed E-state index contributed by atoms with van der Waals surface area (Å²) in [7, 11) is 0. The quantitative estimate of drug-likeness (QED) is 0.480. The van der Waals surface area contributed by atoms with E-state index in [0.717, 1.165) is 37.6 Å². The lowest BCUT2D eigenvalue weighted by molar-refractivity contribution is 0.309. The second-order valence-electron chi connectivity index (χ2n) is 7.45. The van der Waals surface area contributed by atoms with Crippen molar-refractivity contribution in [1.29, 1.82) is 0 Å². The highest BCUT2D eigenvalue weighted by atomic mass is 32.1. The molecular weight excluding hydrogens is 316 g/mol. The van der Waals surface area contributed by atoms with Crippen molar-refractivity contribution < 1.29 is 0 Å². The van der Waals surface area contributed by atoms with Crippen LogP contribution in [0.15, 0.2) is 10.4 Å². The van der Waals surface area contributed by atoms with Gasteiger partial charge in [0.25, 0.3) is 0 Å². The molecule has 3 rings (SSSR count). The first-order valence-corrected chi connectivity index (χ1v) is 10.5. The molecule has 24 heavy (non-hydrogen) atoms. The highest BCUT2D eigenvalue weighted by Crippen LogP contribution is 2.45. The number of guanidine groups is 1. The number of thiazole rings is 1.